The van der Waals surface area contributed by atoms with Crippen molar-refractivity contribution in [2.75, 3.05) is 7.11 Å². The second-order valence-electron chi connectivity index (χ2n) is 10.4. The van der Waals surface area contributed by atoms with Crippen molar-refractivity contribution >= 4 is 28.1 Å². The molecule has 0 aliphatic rings. The molecule has 9 heteroatoms. The Morgan fingerprint density at radius 1 is 1.23 bits per heavy atom. The first-order valence-corrected chi connectivity index (χ1v) is 11.9. The molecule has 2 rings (SSSR count). The van der Waals surface area contributed by atoms with Gasteiger partial charge in [0.25, 0.3) is 11.5 Å². The van der Waals surface area contributed by atoms with Crippen LogP contribution in [0.15, 0.2) is 26.5 Å². The number of benzene rings is 1. The summed E-state index contributed by atoms with van der Waals surface area (Å²) < 4.78 is 6.87. The second kappa shape index (κ2) is 10.8. The lowest BCUT2D eigenvalue weighted by molar-refractivity contribution is -0.121. The van der Waals surface area contributed by atoms with E-state index < -0.39 is 11.5 Å². The first-order valence-electron chi connectivity index (χ1n) is 11.1. The maximum Gasteiger partial charge on any atom is 0.269 e. The summed E-state index contributed by atoms with van der Waals surface area (Å²) in [4.78, 5) is 25.4. The Labute approximate surface area is 214 Å². The molecule has 1 aromatic carbocycles. The van der Waals surface area contributed by atoms with E-state index >= 15 is 0 Å². The number of hydrazone groups is 1. The molecule has 8 nitrogen and oxygen atoms in total. The van der Waals surface area contributed by atoms with Gasteiger partial charge in [0, 0.05) is 34.0 Å². The molecule has 35 heavy (non-hydrogen) atoms. The van der Waals surface area contributed by atoms with Crippen LogP contribution in [-0.4, -0.2) is 28.9 Å². The van der Waals surface area contributed by atoms with E-state index in [1.807, 2.05) is 59.7 Å². The van der Waals surface area contributed by atoms with Crippen LogP contribution in [0, 0.1) is 18.3 Å². The Kier molecular flexibility index (Phi) is 8.69. The van der Waals surface area contributed by atoms with Crippen molar-refractivity contribution in [2.45, 2.75) is 72.4 Å². The zero-order valence-corrected chi connectivity index (χ0v) is 23.1. The van der Waals surface area contributed by atoms with Crippen molar-refractivity contribution in [2.24, 2.45) is 5.10 Å². The molecular formula is C26H33BrN4O4. The molecule has 1 aromatic heterocycles. The average molecular weight is 545 g/mol. The molecule has 0 radical (unpaired) electrons. The van der Waals surface area contributed by atoms with Crippen LogP contribution < -0.4 is 11.0 Å². The highest BCUT2D eigenvalue weighted by Crippen LogP contribution is 2.39. The van der Waals surface area contributed by atoms with Gasteiger partial charge in [0.2, 0.25) is 0 Å². The van der Waals surface area contributed by atoms with E-state index in [9.17, 15) is 20.0 Å². The molecule has 2 aromatic rings. The van der Waals surface area contributed by atoms with Gasteiger partial charge in [-0.1, -0.05) is 41.5 Å². The number of halogens is 1. The Bertz CT molecular complexity index is 1220. The highest BCUT2D eigenvalue weighted by Gasteiger charge is 2.26. The highest BCUT2D eigenvalue weighted by molar-refractivity contribution is 9.10. The minimum Gasteiger partial charge on any atom is -0.507 e. The number of ether oxygens (including phenoxy) is 1. The standard InChI is InChI=1S/C26H33BrN4O4/c1-15-22(27)18(14-35-8)17(11-28)24(34)31(15)13-21(32)30-29-12-16-9-19(25(2,3)4)23(33)20(10-16)26(5,6)7/h9-10,12,33H,13-14H2,1-8H3,(H,30,32)/b29-12-. The number of amides is 1. The van der Waals surface area contributed by atoms with E-state index in [1.54, 1.807) is 6.92 Å². The predicted octanol–water partition coefficient (Wildman–Crippen LogP) is 4.39. The number of aromatic nitrogens is 1. The summed E-state index contributed by atoms with van der Waals surface area (Å²) in [7, 11) is 1.48. The van der Waals surface area contributed by atoms with E-state index in [4.69, 9.17) is 4.74 Å². The van der Waals surface area contributed by atoms with Crippen molar-refractivity contribution in [3.05, 3.63) is 60.5 Å². The number of carbonyl (C=O) groups excluding carboxylic acids is 1. The van der Waals surface area contributed by atoms with Crippen LogP contribution >= 0.6 is 15.9 Å². The van der Waals surface area contributed by atoms with Crippen LogP contribution in [0.25, 0.3) is 0 Å². The normalized spacial score (nSPS) is 12.1. The molecule has 188 valence electrons. The second-order valence-corrected chi connectivity index (χ2v) is 11.2. The quantitative estimate of drug-likeness (QED) is 0.413. The smallest absolute Gasteiger partial charge is 0.269 e. The number of nitrogens with one attached hydrogen (secondary N) is 1. The number of phenolic OH excluding ortho intramolecular Hbond substituents is 1. The third-order valence-electron chi connectivity index (χ3n) is 5.60. The number of nitrogens with zero attached hydrogens (tertiary/aromatic N) is 3. The van der Waals surface area contributed by atoms with Crippen molar-refractivity contribution in [3.8, 4) is 11.8 Å². The van der Waals surface area contributed by atoms with E-state index in [0.717, 1.165) is 16.7 Å². The van der Waals surface area contributed by atoms with Gasteiger partial charge in [-0.2, -0.15) is 10.4 Å². The Morgan fingerprint density at radius 2 is 1.77 bits per heavy atom. The number of pyridine rings is 1. The van der Waals surface area contributed by atoms with Crippen LogP contribution in [0.1, 0.15) is 75.1 Å². The van der Waals surface area contributed by atoms with Gasteiger partial charge in [-0.3, -0.25) is 9.59 Å². The third-order valence-corrected chi connectivity index (χ3v) is 6.65. The van der Waals surface area contributed by atoms with Gasteiger partial charge in [0.05, 0.1) is 12.8 Å². The van der Waals surface area contributed by atoms with Crippen molar-refractivity contribution < 1.29 is 14.6 Å². The van der Waals surface area contributed by atoms with Gasteiger partial charge in [-0.05, 0) is 51.4 Å². The summed E-state index contributed by atoms with van der Waals surface area (Å²) in [5.41, 5.74) is 4.46. The lowest BCUT2D eigenvalue weighted by Crippen LogP contribution is -2.33. The number of methoxy groups -OCH3 is 1. The Hall–Kier alpha value is -2.96. The Morgan fingerprint density at radius 3 is 2.23 bits per heavy atom. The van der Waals surface area contributed by atoms with Crippen molar-refractivity contribution in [3.63, 3.8) is 0 Å². The lowest BCUT2D eigenvalue weighted by atomic mass is 9.78. The number of aromatic hydroxyl groups is 1. The molecular weight excluding hydrogens is 512 g/mol. The number of nitriles is 1. The van der Waals surface area contributed by atoms with Crippen LogP contribution in [-0.2, 0) is 33.5 Å². The summed E-state index contributed by atoms with van der Waals surface area (Å²) in [5.74, 6) is -0.260. The fourth-order valence-electron chi connectivity index (χ4n) is 3.68. The molecule has 1 amide bonds. The number of rotatable bonds is 6. The van der Waals surface area contributed by atoms with Crippen molar-refractivity contribution in [1.29, 1.82) is 5.26 Å². The highest BCUT2D eigenvalue weighted by atomic mass is 79.9. The van der Waals surface area contributed by atoms with Crippen LogP contribution in [0.5, 0.6) is 5.75 Å². The van der Waals surface area contributed by atoms with Crippen LogP contribution in [0.2, 0.25) is 0 Å². The molecule has 0 spiro atoms. The minimum atomic E-state index is -0.567. The number of carbonyl (C=O) groups is 1. The van der Waals surface area contributed by atoms with E-state index in [0.29, 0.717) is 15.7 Å². The van der Waals surface area contributed by atoms with Gasteiger partial charge in [0.1, 0.15) is 23.9 Å². The van der Waals surface area contributed by atoms with Gasteiger partial charge in [-0.15, -0.1) is 0 Å². The summed E-state index contributed by atoms with van der Waals surface area (Å²) in [6.07, 6.45) is 1.51. The zero-order chi connectivity index (χ0) is 26.7. The molecule has 0 aliphatic heterocycles. The fraction of sp³-hybridized carbons (Fsp3) is 0.462. The summed E-state index contributed by atoms with van der Waals surface area (Å²) in [6.45, 7) is 13.6. The first-order chi connectivity index (χ1) is 16.1. The summed E-state index contributed by atoms with van der Waals surface area (Å²) in [6, 6.07) is 5.60. The first kappa shape index (κ1) is 28.3. The van der Waals surface area contributed by atoms with Gasteiger partial charge in [-0.25, -0.2) is 5.43 Å². The number of phenols is 1. The minimum absolute atomic E-state index is 0.0749. The molecule has 0 atom stereocenters. The molecule has 0 saturated carbocycles. The monoisotopic (exact) mass is 544 g/mol. The predicted molar refractivity (Wildman–Crippen MR) is 140 cm³/mol. The maximum absolute atomic E-state index is 12.8. The SMILES string of the molecule is COCc1c(Br)c(C)n(CC(=O)N/N=C\c2cc(C(C)(C)C)c(O)c(C(C)(C)C)c2)c(=O)c1C#N. The summed E-state index contributed by atoms with van der Waals surface area (Å²) in [5, 5.41) is 24.4. The largest absolute Gasteiger partial charge is 0.507 e. The molecule has 0 unspecified atom stereocenters. The molecule has 0 saturated heterocycles. The van der Waals surface area contributed by atoms with E-state index in [-0.39, 0.29) is 35.3 Å². The van der Waals surface area contributed by atoms with E-state index in [1.165, 1.54) is 17.9 Å². The molecule has 0 aliphatic carbocycles. The zero-order valence-electron chi connectivity index (χ0n) is 21.5. The average Bonchev–Trinajstić information content (AvgIpc) is 2.74. The Balaban J connectivity index is 2.34. The number of hydrogen-bond donors (Lipinski definition) is 2. The third kappa shape index (κ3) is 6.38. The van der Waals surface area contributed by atoms with Crippen LogP contribution in [0.4, 0.5) is 0 Å². The van der Waals surface area contributed by atoms with Gasteiger partial charge < -0.3 is 14.4 Å². The lowest BCUT2D eigenvalue weighted by Gasteiger charge is -2.27. The molecule has 0 bridgehead atoms. The van der Waals surface area contributed by atoms with Gasteiger partial charge in [0.15, 0.2) is 0 Å². The van der Waals surface area contributed by atoms with Gasteiger partial charge >= 0.3 is 0 Å². The van der Waals surface area contributed by atoms with Crippen LogP contribution in [0.3, 0.4) is 0 Å². The van der Waals surface area contributed by atoms with E-state index in [2.05, 4.69) is 26.5 Å². The summed E-state index contributed by atoms with van der Waals surface area (Å²) >= 11 is 3.41. The molecule has 2 N–H and O–H groups in total. The topological polar surface area (TPSA) is 117 Å². The molecule has 0 fully saturated rings. The number of hydrogen-bond acceptors (Lipinski definition) is 6. The maximum atomic E-state index is 12.8. The fourth-order valence-corrected chi connectivity index (χ4v) is 4.21. The molecule has 1 heterocycles. The van der Waals surface area contributed by atoms with Crippen molar-refractivity contribution in [1.82, 2.24) is 9.99 Å².